The zero-order valence-electron chi connectivity index (χ0n) is 22.0. The molecule has 10 nitrogen and oxygen atoms in total. The lowest BCUT2D eigenvalue weighted by molar-refractivity contribution is -0.173. The summed E-state index contributed by atoms with van der Waals surface area (Å²) in [5.41, 5.74) is -1.99. The van der Waals surface area contributed by atoms with E-state index in [9.17, 15) is 22.8 Å². The molecule has 4 atom stereocenters. The Labute approximate surface area is 231 Å². The molecule has 3 aliphatic rings. The number of ketones is 1. The third-order valence-electron chi connectivity index (χ3n) is 7.92. The van der Waals surface area contributed by atoms with Gasteiger partial charge in [-0.2, -0.15) is 8.42 Å². The molecule has 0 radical (unpaired) electrons. The van der Waals surface area contributed by atoms with Crippen molar-refractivity contribution in [3.05, 3.63) is 53.6 Å². The van der Waals surface area contributed by atoms with Gasteiger partial charge in [-0.25, -0.2) is 0 Å². The van der Waals surface area contributed by atoms with Crippen molar-refractivity contribution in [2.24, 2.45) is 5.41 Å². The van der Waals surface area contributed by atoms with E-state index in [1.54, 1.807) is 6.07 Å². The molecule has 0 bridgehead atoms. The third kappa shape index (κ3) is 4.11. The number of methoxy groups -OCH3 is 3. The smallest absolute Gasteiger partial charge is 0.318 e. The lowest BCUT2D eigenvalue weighted by Gasteiger charge is -2.54. The molecule has 2 aliphatic heterocycles. The molecule has 2 aromatic rings. The van der Waals surface area contributed by atoms with Crippen LogP contribution in [0.4, 0.5) is 0 Å². The number of carbonyl (C=O) groups is 3. The van der Waals surface area contributed by atoms with Crippen molar-refractivity contribution in [2.45, 2.75) is 41.1 Å². The maximum atomic E-state index is 14.1. The Kier molecular flexibility index (Phi) is 6.92. The maximum Gasteiger partial charge on any atom is 0.318 e. The average Bonchev–Trinajstić information content (AvgIpc) is 3.12. The third-order valence-corrected chi connectivity index (χ3v) is 9.69. The summed E-state index contributed by atoms with van der Waals surface area (Å²) in [6.07, 6.45) is -1.20. The molecule has 0 aromatic heterocycles. The highest BCUT2D eigenvalue weighted by atomic mass is 32.2. The number of ether oxygens (including phenoxy) is 3. The zero-order chi connectivity index (χ0) is 28.2. The van der Waals surface area contributed by atoms with Gasteiger partial charge in [0.25, 0.3) is 16.0 Å². The maximum absolute atomic E-state index is 14.1. The first kappa shape index (κ1) is 27.5. The lowest BCUT2D eigenvalue weighted by Crippen LogP contribution is -2.63. The summed E-state index contributed by atoms with van der Waals surface area (Å²) in [5, 5.41) is -0.318. The van der Waals surface area contributed by atoms with E-state index in [1.165, 1.54) is 30.9 Å². The number of amides is 1. The SMILES string of the molecule is COC(=O)[C@@]12CC(=O)CC[C@@]13c1cc(OC)c(OC)cc1[C@@H](Sc1ccccc1)CN3C(=O)[C@@H]2OS(C)(=O)=O. The van der Waals surface area contributed by atoms with Crippen LogP contribution < -0.4 is 9.47 Å². The standard InChI is InChI=1S/C27H29NO9S2/c1-34-20-12-18-19(13-21(20)35-2)27-11-10-16(29)14-26(27,25(31)36-3)23(37-39(4,32)33)24(30)28(27)15-22(18)38-17-8-6-5-7-9-17/h5-9,12-13,22-23H,10-11,14-15H2,1-4H3/t22-,23-,26-,27+/m0/s1. The van der Waals surface area contributed by atoms with Crippen LogP contribution in [0.1, 0.15) is 35.6 Å². The van der Waals surface area contributed by atoms with Crippen LogP contribution in [0, 0.1) is 5.41 Å². The van der Waals surface area contributed by atoms with Crippen LogP contribution in [-0.2, 0) is 39.0 Å². The van der Waals surface area contributed by atoms with Gasteiger partial charge in [-0.15, -0.1) is 11.8 Å². The minimum atomic E-state index is -4.21. The summed E-state index contributed by atoms with van der Waals surface area (Å²) in [5.74, 6) is -1.02. The van der Waals surface area contributed by atoms with Crippen molar-refractivity contribution in [3.8, 4) is 11.5 Å². The molecule has 0 N–H and O–H groups in total. The Balaban J connectivity index is 1.83. The van der Waals surface area contributed by atoms with Crippen molar-refractivity contribution in [1.82, 2.24) is 4.90 Å². The van der Waals surface area contributed by atoms with Crippen molar-refractivity contribution in [2.75, 3.05) is 34.1 Å². The Morgan fingerprint density at radius 2 is 1.72 bits per heavy atom. The van der Waals surface area contributed by atoms with Crippen LogP contribution in [-0.4, -0.2) is 71.2 Å². The second-order valence-electron chi connectivity index (χ2n) is 9.88. The Bertz CT molecular complexity index is 1440. The number of nitrogens with zero attached hydrogens (tertiary/aromatic N) is 1. The second kappa shape index (κ2) is 9.83. The molecule has 2 aromatic carbocycles. The first-order valence-corrected chi connectivity index (χ1v) is 15.0. The van der Waals surface area contributed by atoms with Gasteiger partial charge in [-0.3, -0.25) is 18.6 Å². The summed E-state index contributed by atoms with van der Waals surface area (Å²) >= 11 is 1.52. The van der Waals surface area contributed by atoms with E-state index in [1.807, 2.05) is 36.4 Å². The lowest BCUT2D eigenvalue weighted by atomic mass is 9.56. The van der Waals surface area contributed by atoms with Crippen LogP contribution in [0.25, 0.3) is 0 Å². The molecule has 1 amide bonds. The number of benzene rings is 2. The van der Waals surface area contributed by atoms with E-state index < -0.39 is 45.5 Å². The van der Waals surface area contributed by atoms with Gasteiger partial charge in [0.15, 0.2) is 17.6 Å². The van der Waals surface area contributed by atoms with Gasteiger partial charge in [0.05, 0.1) is 38.4 Å². The molecule has 0 unspecified atom stereocenters. The molecule has 39 heavy (non-hydrogen) atoms. The molecule has 1 spiro atoms. The summed E-state index contributed by atoms with van der Waals surface area (Å²) in [7, 11) is -0.0641. The van der Waals surface area contributed by atoms with Gasteiger partial charge in [-0.05, 0) is 41.8 Å². The number of Topliss-reactive ketones (excluding diaryl/α,β-unsaturated/α-hetero) is 1. The van der Waals surface area contributed by atoms with Crippen molar-refractivity contribution >= 4 is 39.5 Å². The first-order chi connectivity index (χ1) is 18.5. The van der Waals surface area contributed by atoms with Crippen LogP contribution >= 0.6 is 11.8 Å². The molecule has 5 rings (SSSR count). The van der Waals surface area contributed by atoms with Crippen molar-refractivity contribution in [3.63, 3.8) is 0 Å². The molecular weight excluding hydrogens is 546 g/mol. The van der Waals surface area contributed by atoms with Crippen molar-refractivity contribution < 1.29 is 41.2 Å². The predicted octanol–water partition coefficient (Wildman–Crippen LogP) is 2.85. The van der Waals surface area contributed by atoms with E-state index in [0.717, 1.165) is 23.8 Å². The number of thioether (sulfide) groups is 1. The molecular formula is C27H29NO9S2. The van der Waals surface area contributed by atoms with Gasteiger partial charge >= 0.3 is 5.97 Å². The summed E-state index contributed by atoms with van der Waals surface area (Å²) in [6.45, 7) is 0.136. The number of hydrogen-bond donors (Lipinski definition) is 0. The van der Waals surface area contributed by atoms with Crippen LogP contribution in [0.15, 0.2) is 47.4 Å². The molecule has 208 valence electrons. The zero-order valence-corrected chi connectivity index (χ0v) is 23.6. The van der Waals surface area contributed by atoms with E-state index in [0.29, 0.717) is 17.1 Å². The van der Waals surface area contributed by atoms with E-state index in [4.69, 9.17) is 18.4 Å². The molecule has 2 fully saturated rings. The van der Waals surface area contributed by atoms with Gasteiger partial charge in [0, 0.05) is 24.3 Å². The molecule has 2 heterocycles. The normalized spacial score (nSPS) is 27.8. The second-order valence-corrected chi connectivity index (χ2v) is 12.8. The number of rotatable bonds is 7. The van der Waals surface area contributed by atoms with Crippen LogP contribution in [0.3, 0.4) is 0 Å². The molecule has 12 heteroatoms. The first-order valence-electron chi connectivity index (χ1n) is 12.3. The van der Waals surface area contributed by atoms with Crippen molar-refractivity contribution in [1.29, 1.82) is 0 Å². The fraction of sp³-hybridized carbons (Fsp3) is 0.444. The fourth-order valence-corrected chi connectivity index (χ4v) is 8.24. The number of esters is 1. The van der Waals surface area contributed by atoms with Crippen LogP contribution in [0.5, 0.6) is 11.5 Å². The van der Waals surface area contributed by atoms with Gasteiger partial charge in [0.2, 0.25) is 0 Å². The Morgan fingerprint density at radius 3 is 2.33 bits per heavy atom. The van der Waals surface area contributed by atoms with E-state index in [2.05, 4.69) is 0 Å². The Hall–Kier alpha value is -3.09. The van der Waals surface area contributed by atoms with E-state index in [-0.39, 0.29) is 30.4 Å². The fourth-order valence-electron chi connectivity index (χ4n) is 6.46. The van der Waals surface area contributed by atoms with E-state index >= 15 is 0 Å². The van der Waals surface area contributed by atoms with Gasteiger partial charge in [-0.1, -0.05) is 18.2 Å². The summed E-state index contributed by atoms with van der Waals surface area (Å²) < 4.78 is 46.6. The van der Waals surface area contributed by atoms with Gasteiger partial charge in [0.1, 0.15) is 11.2 Å². The van der Waals surface area contributed by atoms with Gasteiger partial charge < -0.3 is 19.1 Å². The monoisotopic (exact) mass is 575 g/mol. The highest BCUT2D eigenvalue weighted by Gasteiger charge is 2.77. The minimum Gasteiger partial charge on any atom is -0.493 e. The molecule has 1 saturated heterocycles. The molecule has 1 aliphatic carbocycles. The summed E-state index contributed by atoms with van der Waals surface area (Å²) in [4.78, 5) is 43.4. The largest absolute Gasteiger partial charge is 0.493 e. The highest BCUT2D eigenvalue weighted by molar-refractivity contribution is 7.99. The summed E-state index contributed by atoms with van der Waals surface area (Å²) in [6, 6.07) is 13.2. The number of fused-ring (bicyclic) bond motifs is 1. The average molecular weight is 576 g/mol. The molecule has 1 saturated carbocycles. The quantitative estimate of drug-likeness (QED) is 0.359. The van der Waals surface area contributed by atoms with Crippen LogP contribution in [0.2, 0.25) is 0 Å². The number of hydrogen-bond acceptors (Lipinski definition) is 10. The topological polar surface area (TPSA) is 126 Å². The highest BCUT2D eigenvalue weighted by Crippen LogP contribution is 2.66. The minimum absolute atomic E-state index is 0.0817. The predicted molar refractivity (Wildman–Crippen MR) is 141 cm³/mol. The number of carbonyl (C=O) groups excluding carboxylic acids is 3. The Morgan fingerprint density at radius 1 is 1.05 bits per heavy atom.